The lowest BCUT2D eigenvalue weighted by Gasteiger charge is -2.40. The lowest BCUT2D eigenvalue weighted by molar-refractivity contribution is 0.512. The van der Waals surface area contributed by atoms with Crippen LogP contribution in [0.4, 0.5) is 10.1 Å². The highest BCUT2D eigenvalue weighted by atomic mass is 19.1. The van der Waals surface area contributed by atoms with E-state index < -0.39 is 0 Å². The molecule has 1 aliphatic heterocycles. The summed E-state index contributed by atoms with van der Waals surface area (Å²) < 4.78 is 13.3. The lowest BCUT2D eigenvalue weighted by atomic mass is 9.96. The summed E-state index contributed by atoms with van der Waals surface area (Å²) in [6, 6.07) is 11.7. The summed E-state index contributed by atoms with van der Waals surface area (Å²) in [6.07, 6.45) is 8.15. The molecule has 4 heterocycles. The number of para-hydroxylation sites is 1. The van der Waals surface area contributed by atoms with Crippen molar-refractivity contribution in [3.05, 3.63) is 78.9 Å². The summed E-state index contributed by atoms with van der Waals surface area (Å²) in [7, 11) is 0. The van der Waals surface area contributed by atoms with Gasteiger partial charge in [-0.3, -0.25) is 19.9 Å². The fourth-order valence-electron chi connectivity index (χ4n) is 3.36. The number of hydrogen-bond acceptors (Lipinski definition) is 5. The highest BCUT2D eigenvalue weighted by molar-refractivity contribution is 5.81. The number of fused-ring (bicyclic) bond motifs is 1. The van der Waals surface area contributed by atoms with Gasteiger partial charge < -0.3 is 4.90 Å². The van der Waals surface area contributed by atoms with Gasteiger partial charge in [0.2, 0.25) is 0 Å². The predicted octanol–water partition coefficient (Wildman–Crippen LogP) is 3.83. The quantitative estimate of drug-likeness (QED) is 0.558. The molecule has 0 unspecified atom stereocenters. The molecule has 1 aliphatic rings. The van der Waals surface area contributed by atoms with Crippen molar-refractivity contribution in [3.63, 3.8) is 0 Å². The van der Waals surface area contributed by atoms with E-state index >= 15 is 0 Å². The summed E-state index contributed by atoms with van der Waals surface area (Å²) in [5.41, 5.74) is 4.34. The van der Waals surface area contributed by atoms with Crippen molar-refractivity contribution in [1.82, 2.24) is 19.9 Å². The van der Waals surface area contributed by atoms with Crippen LogP contribution in [-0.4, -0.2) is 33.0 Å². The molecule has 0 atom stereocenters. The van der Waals surface area contributed by atoms with Gasteiger partial charge in [0, 0.05) is 42.4 Å². The normalized spacial score (nSPS) is 14.3. The van der Waals surface area contributed by atoms with Gasteiger partial charge in [0.1, 0.15) is 5.82 Å². The SMILES string of the molecule is Fc1cncc(-c2cnc(C3CN(c4cnc5ccccc5c4)C3)cn2)c1. The number of halogens is 1. The standard InChI is InChI=1S/C21H16FN5/c22-17-5-15(7-23-8-17)20-10-26-21(11-25-20)16-12-27(13-16)18-6-14-3-1-2-4-19(14)24-9-18/h1-11,16H,12-13H2. The first-order chi connectivity index (χ1) is 13.3. The van der Waals surface area contributed by atoms with Crippen LogP contribution in [0.1, 0.15) is 11.6 Å². The van der Waals surface area contributed by atoms with E-state index in [1.807, 2.05) is 24.4 Å². The van der Waals surface area contributed by atoms with Gasteiger partial charge in [-0.1, -0.05) is 18.2 Å². The largest absolute Gasteiger partial charge is 0.369 e. The highest BCUT2D eigenvalue weighted by Crippen LogP contribution is 2.31. The molecule has 0 aliphatic carbocycles. The van der Waals surface area contributed by atoms with Crippen molar-refractivity contribution in [2.45, 2.75) is 5.92 Å². The van der Waals surface area contributed by atoms with Crippen molar-refractivity contribution >= 4 is 16.6 Å². The van der Waals surface area contributed by atoms with Gasteiger partial charge in [-0.05, 0) is 18.2 Å². The van der Waals surface area contributed by atoms with Crippen LogP contribution in [0.2, 0.25) is 0 Å². The van der Waals surface area contributed by atoms with Crippen LogP contribution in [0.15, 0.2) is 67.4 Å². The van der Waals surface area contributed by atoms with E-state index in [2.05, 4.69) is 37.0 Å². The number of benzene rings is 1. The van der Waals surface area contributed by atoms with Crippen LogP contribution in [-0.2, 0) is 0 Å². The van der Waals surface area contributed by atoms with Gasteiger partial charge in [-0.15, -0.1) is 0 Å². The average Bonchev–Trinajstić information content (AvgIpc) is 2.67. The third-order valence-electron chi connectivity index (χ3n) is 4.91. The van der Waals surface area contributed by atoms with Crippen LogP contribution >= 0.6 is 0 Å². The molecule has 0 saturated carbocycles. The molecule has 1 saturated heterocycles. The second-order valence-corrected chi connectivity index (χ2v) is 6.71. The van der Waals surface area contributed by atoms with E-state index in [0.717, 1.165) is 35.4 Å². The van der Waals surface area contributed by atoms with Crippen molar-refractivity contribution < 1.29 is 4.39 Å². The van der Waals surface area contributed by atoms with Crippen molar-refractivity contribution in [2.75, 3.05) is 18.0 Å². The van der Waals surface area contributed by atoms with E-state index in [4.69, 9.17) is 0 Å². The van der Waals surface area contributed by atoms with E-state index in [-0.39, 0.29) is 5.82 Å². The van der Waals surface area contributed by atoms with Gasteiger partial charge in [0.25, 0.3) is 0 Å². The van der Waals surface area contributed by atoms with Crippen LogP contribution < -0.4 is 4.90 Å². The first kappa shape index (κ1) is 15.8. The van der Waals surface area contributed by atoms with E-state index in [9.17, 15) is 4.39 Å². The zero-order chi connectivity index (χ0) is 18.2. The minimum Gasteiger partial charge on any atom is -0.369 e. The van der Waals surface area contributed by atoms with Crippen molar-refractivity contribution in [3.8, 4) is 11.3 Å². The molecule has 1 aromatic carbocycles. The van der Waals surface area contributed by atoms with Gasteiger partial charge >= 0.3 is 0 Å². The van der Waals surface area contributed by atoms with Crippen LogP contribution in [0.25, 0.3) is 22.2 Å². The first-order valence-corrected chi connectivity index (χ1v) is 8.79. The maximum Gasteiger partial charge on any atom is 0.142 e. The Labute approximate surface area is 155 Å². The summed E-state index contributed by atoms with van der Waals surface area (Å²) >= 11 is 0. The third kappa shape index (κ3) is 2.99. The molecule has 5 rings (SSSR count). The second kappa shape index (κ2) is 6.39. The third-order valence-corrected chi connectivity index (χ3v) is 4.91. The Morgan fingerprint density at radius 2 is 1.78 bits per heavy atom. The Morgan fingerprint density at radius 3 is 2.59 bits per heavy atom. The number of pyridine rings is 2. The minimum absolute atomic E-state index is 0.337. The number of rotatable bonds is 3. The predicted molar refractivity (Wildman–Crippen MR) is 102 cm³/mol. The van der Waals surface area contributed by atoms with Gasteiger partial charge in [0.05, 0.1) is 41.2 Å². The molecular formula is C21H16FN5. The van der Waals surface area contributed by atoms with Crippen molar-refractivity contribution in [1.29, 1.82) is 0 Å². The van der Waals surface area contributed by atoms with Crippen LogP contribution in [0.5, 0.6) is 0 Å². The molecular weight excluding hydrogens is 341 g/mol. The molecule has 5 nitrogen and oxygen atoms in total. The molecule has 0 amide bonds. The first-order valence-electron chi connectivity index (χ1n) is 8.79. The highest BCUT2D eigenvalue weighted by Gasteiger charge is 2.30. The molecule has 0 spiro atoms. The Bertz CT molecular complexity index is 1110. The maximum atomic E-state index is 13.3. The Morgan fingerprint density at radius 1 is 0.889 bits per heavy atom. The van der Waals surface area contributed by atoms with E-state index in [0.29, 0.717) is 17.2 Å². The lowest BCUT2D eigenvalue weighted by Crippen LogP contribution is -2.45. The van der Waals surface area contributed by atoms with Gasteiger partial charge in [-0.25, -0.2) is 4.39 Å². The zero-order valence-electron chi connectivity index (χ0n) is 14.5. The summed E-state index contributed by atoms with van der Waals surface area (Å²) in [4.78, 5) is 19.6. The zero-order valence-corrected chi connectivity index (χ0v) is 14.5. The molecule has 0 N–H and O–H groups in total. The van der Waals surface area contributed by atoms with Crippen LogP contribution in [0.3, 0.4) is 0 Å². The summed E-state index contributed by atoms with van der Waals surface area (Å²) in [6.45, 7) is 1.77. The molecule has 1 fully saturated rings. The molecule has 27 heavy (non-hydrogen) atoms. The number of hydrogen-bond donors (Lipinski definition) is 0. The summed E-state index contributed by atoms with van der Waals surface area (Å²) in [5.74, 6) is -0.0411. The molecule has 4 aromatic rings. The maximum absolute atomic E-state index is 13.3. The van der Waals surface area contributed by atoms with E-state index in [1.165, 1.54) is 12.3 Å². The monoisotopic (exact) mass is 357 g/mol. The Balaban J connectivity index is 1.30. The number of aromatic nitrogens is 4. The fourth-order valence-corrected chi connectivity index (χ4v) is 3.36. The van der Waals surface area contributed by atoms with Crippen LogP contribution in [0, 0.1) is 5.82 Å². The number of anilines is 1. The molecule has 6 heteroatoms. The van der Waals surface area contributed by atoms with Gasteiger partial charge in [0.15, 0.2) is 0 Å². The molecule has 0 radical (unpaired) electrons. The molecule has 3 aromatic heterocycles. The second-order valence-electron chi connectivity index (χ2n) is 6.71. The number of nitrogens with zero attached hydrogens (tertiary/aromatic N) is 5. The Kier molecular flexibility index (Phi) is 3.74. The minimum atomic E-state index is -0.378. The van der Waals surface area contributed by atoms with Crippen molar-refractivity contribution in [2.24, 2.45) is 0 Å². The van der Waals surface area contributed by atoms with Gasteiger partial charge in [-0.2, -0.15) is 0 Å². The smallest absolute Gasteiger partial charge is 0.142 e. The molecule has 132 valence electrons. The molecule has 0 bridgehead atoms. The summed E-state index contributed by atoms with van der Waals surface area (Å²) in [5, 5.41) is 1.14. The fraction of sp³-hybridized carbons (Fsp3) is 0.143. The van der Waals surface area contributed by atoms with E-state index in [1.54, 1.807) is 18.6 Å². The Hall–Kier alpha value is -3.41. The topological polar surface area (TPSA) is 54.8 Å². The average molecular weight is 357 g/mol.